The fourth-order valence-electron chi connectivity index (χ4n) is 3.42. The van der Waals surface area contributed by atoms with Gasteiger partial charge in [-0.15, -0.1) is 0 Å². The van der Waals surface area contributed by atoms with Crippen LogP contribution in [0.3, 0.4) is 0 Å². The van der Waals surface area contributed by atoms with E-state index in [0.29, 0.717) is 38.4 Å². The molecule has 1 aliphatic rings. The van der Waals surface area contributed by atoms with Crippen LogP contribution in [-0.2, 0) is 11.0 Å². The molecule has 172 valence electrons. The Balaban J connectivity index is 1.63. The predicted octanol–water partition coefficient (Wildman–Crippen LogP) is 4.20. The molecule has 3 rings (SSSR count). The second-order valence-electron chi connectivity index (χ2n) is 7.37. The molecule has 1 atom stereocenters. The zero-order valence-corrected chi connectivity index (χ0v) is 17.9. The molecule has 0 saturated carbocycles. The summed E-state index contributed by atoms with van der Waals surface area (Å²) in [6, 6.07) is 5.60. The minimum absolute atomic E-state index is 0.156. The van der Waals surface area contributed by atoms with Crippen LogP contribution in [0.1, 0.15) is 18.9 Å². The lowest BCUT2D eigenvalue weighted by atomic mass is 10.2. The molecule has 0 bridgehead atoms. The predicted molar refractivity (Wildman–Crippen MR) is 114 cm³/mol. The number of rotatable bonds is 5. The third-order valence-corrected chi connectivity index (χ3v) is 5.61. The number of hydrogen-bond acceptors (Lipinski definition) is 6. The second kappa shape index (κ2) is 9.70. The van der Waals surface area contributed by atoms with Gasteiger partial charge in [-0.2, -0.15) is 13.2 Å². The number of pyridine rings is 1. The van der Waals surface area contributed by atoms with Crippen molar-refractivity contribution in [1.82, 2.24) is 9.88 Å². The summed E-state index contributed by atoms with van der Waals surface area (Å²) in [5.41, 5.74) is -0.835. The van der Waals surface area contributed by atoms with Gasteiger partial charge in [0.2, 0.25) is 5.91 Å². The highest BCUT2D eigenvalue weighted by Crippen LogP contribution is 2.30. The Bertz CT molecular complexity index is 987. The number of benzene rings is 1. The fraction of sp³-hybridized carbons (Fsp3) is 0.400. The summed E-state index contributed by atoms with van der Waals surface area (Å²) in [4.78, 5) is 30.9. The van der Waals surface area contributed by atoms with Gasteiger partial charge in [0.25, 0.3) is 5.69 Å². The Morgan fingerprint density at radius 2 is 1.97 bits per heavy atom. The van der Waals surface area contributed by atoms with E-state index in [1.165, 1.54) is 24.3 Å². The second-order valence-corrected chi connectivity index (χ2v) is 7.77. The largest absolute Gasteiger partial charge is 0.417 e. The van der Waals surface area contributed by atoms with Gasteiger partial charge in [-0.05, 0) is 31.5 Å². The summed E-state index contributed by atoms with van der Waals surface area (Å²) < 4.78 is 38.2. The minimum atomic E-state index is -4.44. The molecule has 32 heavy (non-hydrogen) atoms. The van der Waals surface area contributed by atoms with Gasteiger partial charge in [0.1, 0.15) is 5.82 Å². The van der Waals surface area contributed by atoms with Crippen LogP contribution in [0.15, 0.2) is 36.5 Å². The van der Waals surface area contributed by atoms with Crippen molar-refractivity contribution in [1.29, 1.82) is 0 Å². The number of hydrogen-bond donors (Lipinski definition) is 1. The maximum Gasteiger partial charge on any atom is 0.417 e. The normalized spacial score (nSPS) is 16.3. The van der Waals surface area contributed by atoms with Crippen LogP contribution in [0.4, 0.5) is 30.4 Å². The number of amides is 1. The topological polar surface area (TPSA) is 91.6 Å². The first-order valence-corrected chi connectivity index (χ1v) is 10.2. The van der Waals surface area contributed by atoms with Crippen molar-refractivity contribution in [2.24, 2.45) is 0 Å². The SMILES string of the molecule is CC(C(=O)Nc1cc([N+](=O)[O-])ccc1Cl)N1CCCN(c2ccc(C(F)(F)F)cn2)CC1. The highest BCUT2D eigenvalue weighted by atomic mass is 35.5. The van der Waals surface area contributed by atoms with Crippen LogP contribution in [0, 0.1) is 10.1 Å². The third-order valence-electron chi connectivity index (χ3n) is 5.28. The monoisotopic (exact) mass is 471 g/mol. The summed E-state index contributed by atoms with van der Waals surface area (Å²) in [7, 11) is 0. The van der Waals surface area contributed by atoms with Crippen molar-refractivity contribution in [2.45, 2.75) is 25.6 Å². The highest BCUT2D eigenvalue weighted by Gasteiger charge is 2.31. The molecule has 0 aliphatic carbocycles. The molecule has 0 radical (unpaired) electrons. The standard InChI is InChI=1S/C20H21ClF3N5O3/c1-13(19(30)26-17-11-15(29(31)32)4-5-16(17)21)27-7-2-8-28(10-9-27)18-6-3-14(12-25-18)20(22,23)24/h3-6,11-13H,2,7-10H2,1H3,(H,26,30). The van der Waals surface area contributed by atoms with Crippen LogP contribution in [-0.4, -0.2) is 52.9 Å². The first-order valence-electron chi connectivity index (χ1n) is 9.83. The van der Waals surface area contributed by atoms with E-state index >= 15 is 0 Å². The number of carbonyl (C=O) groups is 1. The van der Waals surface area contributed by atoms with Crippen molar-refractivity contribution >= 4 is 34.7 Å². The number of alkyl halides is 3. The Kier molecular flexibility index (Phi) is 7.19. The van der Waals surface area contributed by atoms with E-state index < -0.39 is 22.7 Å². The molecule has 2 heterocycles. The van der Waals surface area contributed by atoms with Gasteiger partial charge < -0.3 is 10.2 Å². The van der Waals surface area contributed by atoms with Crippen molar-refractivity contribution in [2.75, 3.05) is 36.4 Å². The zero-order chi connectivity index (χ0) is 23.5. The first-order chi connectivity index (χ1) is 15.1. The van der Waals surface area contributed by atoms with Gasteiger partial charge in [0.15, 0.2) is 0 Å². The highest BCUT2D eigenvalue weighted by molar-refractivity contribution is 6.33. The van der Waals surface area contributed by atoms with Gasteiger partial charge in [-0.3, -0.25) is 19.8 Å². The van der Waals surface area contributed by atoms with Crippen molar-refractivity contribution < 1.29 is 22.9 Å². The summed E-state index contributed by atoms with van der Waals surface area (Å²) >= 11 is 6.05. The van der Waals surface area contributed by atoms with E-state index in [1.807, 2.05) is 9.80 Å². The fourth-order valence-corrected chi connectivity index (χ4v) is 3.59. The quantitative estimate of drug-likeness (QED) is 0.519. The van der Waals surface area contributed by atoms with Gasteiger partial charge >= 0.3 is 6.18 Å². The smallest absolute Gasteiger partial charge is 0.355 e. The van der Waals surface area contributed by atoms with Crippen LogP contribution in [0.5, 0.6) is 0 Å². The first kappa shape index (κ1) is 23.7. The molecule has 1 amide bonds. The van der Waals surface area contributed by atoms with E-state index in [0.717, 1.165) is 12.3 Å². The van der Waals surface area contributed by atoms with E-state index in [2.05, 4.69) is 10.3 Å². The maximum atomic E-state index is 12.7. The Hall–Kier alpha value is -2.92. The van der Waals surface area contributed by atoms with Crippen LogP contribution in [0.25, 0.3) is 0 Å². The average Bonchev–Trinajstić information content (AvgIpc) is 3.00. The van der Waals surface area contributed by atoms with Crippen molar-refractivity contribution in [3.63, 3.8) is 0 Å². The lowest BCUT2D eigenvalue weighted by Crippen LogP contribution is -2.44. The number of nitrogens with zero attached hydrogens (tertiary/aromatic N) is 4. The van der Waals surface area contributed by atoms with E-state index in [4.69, 9.17) is 11.6 Å². The van der Waals surface area contributed by atoms with Crippen molar-refractivity contribution in [3.05, 3.63) is 57.2 Å². The summed E-state index contributed by atoms with van der Waals surface area (Å²) in [6.07, 6.45) is -2.94. The zero-order valence-electron chi connectivity index (χ0n) is 17.1. The molecule has 1 N–H and O–H groups in total. The number of nitro groups is 1. The number of nitro benzene ring substituents is 1. The number of aromatic nitrogens is 1. The molecule has 8 nitrogen and oxygen atoms in total. The number of anilines is 2. The van der Waals surface area contributed by atoms with Crippen LogP contribution >= 0.6 is 11.6 Å². The number of nitrogens with one attached hydrogen (secondary N) is 1. The Morgan fingerprint density at radius 3 is 2.59 bits per heavy atom. The molecule has 12 heteroatoms. The van der Waals surface area contributed by atoms with Crippen molar-refractivity contribution in [3.8, 4) is 0 Å². The van der Waals surface area contributed by atoms with E-state index in [9.17, 15) is 28.1 Å². The molecule has 1 aliphatic heterocycles. The molecule has 2 aromatic rings. The molecular formula is C20H21ClF3N5O3. The molecule has 1 unspecified atom stereocenters. The van der Waals surface area contributed by atoms with Gasteiger partial charge in [-0.25, -0.2) is 4.98 Å². The molecule has 1 aromatic carbocycles. The van der Waals surface area contributed by atoms with E-state index in [-0.39, 0.29) is 22.3 Å². The van der Waals surface area contributed by atoms with Gasteiger partial charge in [0, 0.05) is 44.5 Å². The molecular weight excluding hydrogens is 451 g/mol. The number of non-ortho nitro benzene ring substituents is 1. The molecule has 1 fully saturated rings. The molecule has 1 saturated heterocycles. The minimum Gasteiger partial charge on any atom is -0.355 e. The third kappa shape index (κ3) is 5.65. The Morgan fingerprint density at radius 1 is 1.22 bits per heavy atom. The van der Waals surface area contributed by atoms with Gasteiger partial charge in [0.05, 0.1) is 27.2 Å². The van der Waals surface area contributed by atoms with Gasteiger partial charge in [-0.1, -0.05) is 11.6 Å². The van der Waals surface area contributed by atoms with Crippen LogP contribution < -0.4 is 10.2 Å². The Labute approximate surface area is 187 Å². The molecule has 1 aromatic heterocycles. The number of carbonyl (C=O) groups excluding carboxylic acids is 1. The summed E-state index contributed by atoms with van der Waals surface area (Å²) in [6.45, 7) is 3.86. The lowest BCUT2D eigenvalue weighted by Gasteiger charge is -2.27. The maximum absolute atomic E-state index is 12.7. The van der Waals surface area contributed by atoms with Crippen LogP contribution in [0.2, 0.25) is 5.02 Å². The number of halogens is 4. The molecule has 0 spiro atoms. The average molecular weight is 472 g/mol. The summed E-state index contributed by atoms with van der Waals surface area (Å²) in [5, 5.41) is 13.8. The lowest BCUT2D eigenvalue weighted by molar-refractivity contribution is -0.384. The van der Waals surface area contributed by atoms with E-state index in [1.54, 1.807) is 6.92 Å². The summed E-state index contributed by atoms with van der Waals surface area (Å²) in [5.74, 6) is 0.0776.